The molecule has 0 bridgehead atoms. The van der Waals surface area contributed by atoms with Crippen molar-refractivity contribution in [1.82, 2.24) is 14.7 Å². The third kappa shape index (κ3) is 14.3. The monoisotopic (exact) mass is 826 g/mol. The zero-order valence-electron chi connectivity index (χ0n) is 38.1. The fraction of sp³-hybridized carbons (Fsp3) is 0.750. The zero-order chi connectivity index (χ0) is 43.6. The van der Waals surface area contributed by atoms with Crippen LogP contribution in [0.5, 0.6) is 0 Å². The standard InChI is InChI=1S/C48H79N3O8/c1-12-42-39(29-51(30(2)3)28-37-16-14-13-15-17-37)23-31(4)18-19-40(52)34(7)24-38(20-21-50-26-32(5)22-33(6)27-50)47(35(8)41(53)25-43(54)58-42)59-48-46(56)44(49(10)11)45(55)36(9)57-48/h13-19,23,30,32-36,38-39,41-42,44-48,53,55-56H,12,20-22,24-29H2,1-11H3/b19-18-,31-23-/t32?,33?,34-,35+,36-,38+,39-,41-,42-,44+,45-,46-,47-,48+/m1/s1. The van der Waals surface area contributed by atoms with Gasteiger partial charge in [-0.2, -0.15) is 0 Å². The third-order valence-corrected chi connectivity index (χ3v) is 13.1. The minimum Gasteiger partial charge on any atom is -0.462 e. The van der Waals surface area contributed by atoms with Gasteiger partial charge in [-0.05, 0) is 103 Å². The molecular weight excluding hydrogens is 747 g/mol. The molecule has 0 spiro atoms. The zero-order valence-corrected chi connectivity index (χ0v) is 38.1. The van der Waals surface area contributed by atoms with E-state index < -0.39 is 60.8 Å². The molecule has 1 aromatic rings. The number of aliphatic hydroxyl groups excluding tert-OH is 3. The van der Waals surface area contributed by atoms with Crippen LogP contribution >= 0.6 is 0 Å². The number of esters is 1. The third-order valence-electron chi connectivity index (χ3n) is 13.1. The summed E-state index contributed by atoms with van der Waals surface area (Å²) >= 11 is 0. The van der Waals surface area contributed by atoms with Crippen LogP contribution in [0.3, 0.4) is 0 Å². The van der Waals surface area contributed by atoms with Gasteiger partial charge in [0.15, 0.2) is 12.1 Å². The van der Waals surface area contributed by atoms with E-state index in [4.69, 9.17) is 14.2 Å². The number of nitrogens with zero attached hydrogens (tertiary/aromatic N) is 3. The quantitative estimate of drug-likeness (QED) is 0.212. The molecule has 3 heterocycles. The SMILES string of the molecule is CC[C@H]1OC(=O)C[C@@H](O)[C@H](C)[C@@H](O[C@@H]2O[C@H](C)[C@@H](O)[C@H](N(C)C)[C@H]2O)[C@@H](CCN2CC(C)CC(C)C2)C[C@@H](C)C(=O)/C=C\C(C)=C/[C@@H]1CN(Cc1ccccc1)C(C)C. The summed E-state index contributed by atoms with van der Waals surface area (Å²) < 4.78 is 19.3. The second kappa shape index (κ2) is 23.1. The first-order valence-corrected chi connectivity index (χ1v) is 22.5. The fourth-order valence-electron chi connectivity index (χ4n) is 9.73. The largest absolute Gasteiger partial charge is 0.462 e. The first kappa shape index (κ1) is 49.2. The number of hydrogen-bond donors (Lipinski definition) is 3. The van der Waals surface area contributed by atoms with Gasteiger partial charge in [0.25, 0.3) is 0 Å². The van der Waals surface area contributed by atoms with Gasteiger partial charge in [-0.1, -0.05) is 82.7 Å². The topological polar surface area (TPSA) is 132 Å². The van der Waals surface area contributed by atoms with Crippen LogP contribution in [0.1, 0.15) is 100.0 Å². The molecular formula is C48H79N3O8. The number of carbonyl (C=O) groups excluding carboxylic acids is 2. The van der Waals surface area contributed by atoms with Gasteiger partial charge in [0.05, 0.1) is 36.9 Å². The van der Waals surface area contributed by atoms with E-state index in [1.165, 1.54) is 12.0 Å². The van der Waals surface area contributed by atoms with E-state index in [1.807, 2.05) is 52.0 Å². The van der Waals surface area contributed by atoms with Crippen LogP contribution in [0.4, 0.5) is 0 Å². The summed E-state index contributed by atoms with van der Waals surface area (Å²) in [6.07, 6.45) is 2.15. The summed E-state index contributed by atoms with van der Waals surface area (Å²) in [5, 5.41) is 34.6. The van der Waals surface area contributed by atoms with Crippen LogP contribution in [0.15, 0.2) is 54.1 Å². The lowest BCUT2D eigenvalue weighted by Gasteiger charge is -2.47. The van der Waals surface area contributed by atoms with E-state index in [9.17, 15) is 24.9 Å². The van der Waals surface area contributed by atoms with Crippen molar-refractivity contribution in [3.63, 3.8) is 0 Å². The Hall–Kier alpha value is -2.48. The maximum absolute atomic E-state index is 14.0. The molecule has 1 aromatic carbocycles. The van der Waals surface area contributed by atoms with Crippen LogP contribution in [0.25, 0.3) is 0 Å². The van der Waals surface area contributed by atoms with Crippen molar-refractivity contribution in [3.05, 3.63) is 59.7 Å². The van der Waals surface area contributed by atoms with E-state index in [2.05, 4.69) is 55.7 Å². The first-order valence-electron chi connectivity index (χ1n) is 22.5. The summed E-state index contributed by atoms with van der Waals surface area (Å²) in [4.78, 5) is 34.6. The van der Waals surface area contributed by atoms with Crippen LogP contribution in [0.2, 0.25) is 0 Å². The van der Waals surface area contributed by atoms with Crippen molar-refractivity contribution < 1.29 is 39.1 Å². The molecule has 0 radical (unpaired) electrons. The first-order chi connectivity index (χ1) is 27.9. The minimum absolute atomic E-state index is 0.00304. The number of piperidine rings is 1. The van der Waals surface area contributed by atoms with E-state index in [1.54, 1.807) is 32.0 Å². The number of carbonyl (C=O) groups is 2. The lowest BCUT2D eigenvalue weighted by molar-refractivity contribution is -0.304. The van der Waals surface area contributed by atoms with Gasteiger partial charge >= 0.3 is 5.97 Å². The van der Waals surface area contributed by atoms with Crippen molar-refractivity contribution in [1.29, 1.82) is 0 Å². The lowest BCUT2D eigenvalue weighted by atomic mass is 9.79. The predicted octanol–water partition coefficient (Wildman–Crippen LogP) is 6.10. The van der Waals surface area contributed by atoms with Gasteiger partial charge in [0, 0.05) is 50.0 Å². The van der Waals surface area contributed by atoms with Crippen molar-refractivity contribution in [3.8, 4) is 0 Å². The summed E-state index contributed by atoms with van der Waals surface area (Å²) in [6.45, 7) is 22.6. The normalized spacial score (nSPS) is 37.7. The molecule has 0 aliphatic carbocycles. The second-order valence-corrected chi connectivity index (χ2v) is 19.0. The lowest BCUT2D eigenvalue weighted by Crippen LogP contribution is -2.63. The highest BCUT2D eigenvalue weighted by Crippen LogP contribution is 2.35. The molecule has 11 heteroatoms. The molecule has 3 aliphatic heterocycles. The Balaban J connectivity index is 1.71. The molecule has 334 valence electrons. The molecule has 14 atom stereocenters. The summed E-state index contributed by atoms with van der Waals surface area (Å²) in [6, 6.07) is 9.89. The maximum Gasteiger partial charge on any atom is 0.308 e. The number of likely N-dealkylation sites (tertiary alicyclic amines) is 1. The van der Waals surface area contributed by atoms with Gasteiger partial charge in [-0.15, -0.1) is 0 Å². The van der Waals surface area contributed by atoms with Crippen LogP contribution in [0, 0.1) is 35.5 Å². The highest BCUT2D eigenvalue weighted by atomic mass is 16.7. The second-order valence-electron chi connectivity index (χ2n) is 19.0. The highest BCUT2D eigenvalue weighted by molar-refractivity contribution is 5.91. The van der Waals surface area contributed by atoms with Gasteiger partial charge < -0.3 is 39.3 Å². The van der Waals surface area contributed by atoms with Gasteiger partial charge in [0.2, 0.25) is 0 Å². The van der Waals surface area contributed by atoms with Gasteiger partial charge in [0.1, 0.15) is 12.2 Å². The molecule has 3 aliphatic rings. The highest BCUT2D eigenvalue weighted by Gasteiger charge is 2.47. The number of hydrogen-bond acceptors (Lipinski definition) is 11. The Kier molecular flexibility index (Phi) is 19.3. The average Bonchev–Trinajstić information content (AvgIpc) is 3.17. The Morgan fingerprint density at radius 1 is 0.932 bits per heavy atom. The number of ketones is 1. The Morgan fingerprint density at radius 3 is 2.20 bits per heavy atom. The molecule has 4 rings (SSSR count). The molecule has 2 saturated heterocycles. The maximum atomic E-state index is 14.0. The van der Waals surface area contributed by atoms with E-state index in [-0.39, 0.29) is 36.0 Å². The number of allylic oxidation sites excluding steroid dienone is 3. The minimum atomic E-state index is -1.19. The molecule has 3 N–H and O–H groups in total. The summed E-state index contributed by atoms with van der Waals surface area (Å²) in [5.74, 6) is -0.730. The average molecular weight is 826 g/mol. The molecule has 11 nitrogen and oxygen atoms in total. The van der Waals surface area contributed by atoms with E-state index in [0.717, 1.165) is 31.8 Å². The predicted molar refractivity (Wildman–Crippen MR) is 233 cm³/mol. The Bertz CT molecular complexity index is 1490. The van der Waals surface area contributed by atoms with Crippen LogP contribution in [-0.4, -0.2) is 137 Å². The number of aliphatic hydroxyl groups is 3. The molecule has 59 heavy (non-hydrogen) atoms. The van der Waals surface area contributed by atoms with Gasteiger partial charge in [-0.25, -0.2) is 0 Å². The smallest absolute Gasteiger partial charge is 0.308 e. The Labute approximate surface area is 356 Å². The number of rotatable bonds is 12. The van der Waals surface area contributed by atoms with Crippen LogP contribution in [-0.2, 0) is 30.3 Å². The Morgan fingerprint density at radius 2 is 1.59 bits per heavy atom. The number of likely N-dealkylation sites (N-methyl/N-ethyl adjacent to an activating group) is 1. The summed E-state index contributed by atoms with van der Waals surface area (Å²) in [5.41, 5.74) is 2.11. The summed E-state index contributed by atoms with van der Waals surface area (Å²) in [7, 11) is 3.60. The van der Waals surface area contributed by atoms with Gasteiger partial charge in [-0.3, -0.25) is 14.5 Å². The molecule has 0 aromatic heterocycles. The number of benzene rings is 1. The number of cyclic esters (lactones) is 1. The van der Waals surface area contributed by atoms with Crippen molar-refractivity contribution >= 4 is 11.8 Å². The molecule has 0 saturated carbocycles. The molecule has 2 fully saturated rings. The van der Waals surface area contributed by atoms with Crippen molar-refractivity contribution in [2.75, 3.05) is 40.3 Å². The van der Waals surface area contributed by atoms with E-state index in [0.29, 0.717) is 37.6 Å². The van der Waals surface area contributed by atoms with Crippen molar-refractivity contribution in [2.45, 2.75) is 156 Å². The number of ether oxygens (including phenoxy) is 3. The van der Waals surface area contributed by atoms with E-state index >= 15 is 0 Å². The fourth-order valence-corrected chi connectivity index (χ4v) is 9.73. The molecule has 0 amide bonds. The van der Waals surface area contributed by atoms with Crippen molar-refractivity contribution in [2.24, 2.45) is 35.5 Å². The molecule has 2 unspecified atom stereocenters. The van der Waals surface area contributed by atoms with Crippen LogP contribution < -0.4 is 0 Å².